The van der Waals surface area contributed by atoms with Crippen molar-refractivity contribution in [3.8, 4) is 0 Å². The van der Waals surface area contributed by atoms with E-state index in [-0.39, 0.29) is 0 Å². The fraction of sp³-hybridized carbons (Fsp3) is 0.800. The minimum absolute atomic E-state index is 0.423. The Kier molecular flexibility index (Phi) is 3.84. The zero-order chi connectivity index (χ0) is 13.4. The van der Waals surface area contributed by atoms with Crippen LogP contribution < -0.4 is 5.32 Å². The molecule has 0 radical (unpaired) electrons. The normalized spacial score (nSPS) is 24.9. The van der Waals surface area contributed by atoms with Gasteiger partial charge in [0.05, 0.1) is 5.51 Å². The van der Waals surface area contributed by atoms with Crippen molar-refractivity contribution < 1.29 is 0 Å². The average Bonchev–Trinajstić information content (AvgIpc) is 2.63. The first-order chi connectivity index (χ1) is 8.27. The van der Waals surface area contributed by atoms with Gasteiger partial charge in [0.2, 0.25) is 0 Å². The lowest BCUT2D eigenvalue weighted by atomic mass is 9.63. The summed E-state index contributed by atoms with van der Waals surface area (Å²) >= 11 is 1.75. The second kappa shape index (κ2) is 4.93. The van der Waals surface area contributed by atoms with Crippen molar-refractivity contribution in [2.75, 3.05) is 0 Å². The van der Waals surface area contributed by atoms with E-state index in [1.54, 1.807) is 11.3 Å². The third-order valence-electron chi connectivity index (χ3n) is 3.92. The summed E-state index contributed by atoms with van der Waals surface area (Å²) in [6, 6.07) is 1.05. The maximum atomic E-state index is 4.17. The first-order valence-electron chi connectivity index (χ1n) is 6.92. The van der Waals surface area contributed by atoms with Crippen molar-refractivity contribution in [2.45, 2.75) is 66.0 Å². The maximum absolute atomic E-state index is 4.17. The molecular weight excluding hydrogens is 240 g/mol. The molecule has 1 aromatic heterocycles. The number of rotatable bonds is 3. The summed E-state index contributed by atoms with van der Waals surface area (Å²) in [5.41, 5.74) is 2.82. The molecule has 18 heavy (non-hydrogen) atoms. The molecule has 1 N–H and O–H groups in total. The van der Waals surface area contributed by atoms with Crippen molar-refractivity contribution >= 4 is 11.3 Å². The molecular formula is C15H26N2S. The Bertz CT molecular complexity index is 365. The van der Waals surface area contributed by atoms with Crippen LogP contribution in [0, 0.1) is 10.8 Å². The van der Waals surface area contributed by atoms with Crippen LogP contribution in [0.25, 0.3) is 0 Å². The van der Waals surface area contributed by atoms with Crippen LogP contribution in [0.1, 0.15) is 64.8 Å². The molecule has 1 heterocycles. The van der Waals surface area contributed by atoms with Crippen LogP contribution in [0.3, 0.4) is 0 Å². The fourth-order valence-electron chi connectivity index (χ4n) is 3.84. The zero-order valence-corrected chi connectivity index (χ0v) is 13.1. The molecule has 1 atom stereocenters. The highest BCUT2D eigenvalue weighted by Gasteiger charge is 2.38. The number of nitrogens with zero attached hydrogens (tertiary/aromatic N) is 1. The minimum Gasteiger partial charge on any atom is -0.307 e. The van der Waals surface area contributed by atoms with Crippen LogP contribution in [0.5, 0.6) is 0 Å². The molecule has 1 fully saturated rings. The van der Waals surface area contributed by atoms with E-state index in [4.69, 9.17) is 0 Å². The Morgan fingerprint density at radius 3 is 2.39 bits per heavy atom. The largest absolute Gasteiger partial charge is 0.307 e. The SMILES string of the molecule is CC(NC1CC(C)(C)CC(C)(C)C1)c1cncs1. The van der Waals surface area contributed by atoms with E-state index in [9.17, 15) is 0 Å². The molecule has 1 saturated carbocycles. The van der Waals surface area contributed by atoms with Crippen molar-refractivity contribution in [3.05, 3.63) is 16.6 Å². The van der Waals surface area contributed by atoms with Crippen LogP contribution in [-0.2, 0) is 0 Å². The van der Waals surface area contributed by atoms with E-state index in [1.165, 1.54) is 24.1 Å². The molecule has 0 saturated heterocycles. The third-order valence-corrected chi connectivity index (χ3v) is 4.88. The molecule has 1 aliphatic carbocycles. The number of hydrogen-bond acceptors (Lipinski definition) is 3. The smallest absolute Gasteiger partial charge is 0.0794 e. The lowest BCUT2D eigenvalue weighted by Crippen LogP contribution is -2.44. The highest BCUT2D eigenvalue weighted by atomic mass is 32.1. The quantitative estimate of drug-likeness (QED) is 0.877. The lowest BCUT2D eigenvalue weighted by molar-refractivity contribution is 0.0813. The van der Waals surface area contributed by atoms with E-state index in [0.29, 0.717) is 22.9 Å². The second-order valence-corrected chi connectivity index (χ2v) is 8.32. The van der Waals surface area contributed by atoms with E-state index < -0.39 is 0 Å². The monoisotopic (exact) mass is 266 g/mol. The van der Waals surface area contributed by atoms with Gasteiger partial charge in [0, 0.05) is 23.2 Å². The Hall–Kier alpha value is -0.410. The van der Waals surface area contributed by atoms with Gasteiger partial charge >= 0.3 is 0 Å². The predicted octanol–water partition coefficient (Wildman–Crippen LogP) is 4.40. The molecule has 0 amide bonds. The molecule has 0 bridgehead atoms. The van der Waals surface area contributed by atoms with Gasteiger partial charge in [0.1, 0.15) is 0 Å². The fourth-order valence-corrected chi connectivity index (χ4v) is 4.48. The van der Waals surface area contributed by atoms with Crippen molar-refractivity contribution in [2.24, 2.45) is 10.8 Å². The minimum atomic E-state index is 0.423. The van der Waals surface area contributed by atoms with Gasteiger partial charge in [-0.3, -0.25) is 4.98 Å². The molecule has 0 aromatic carbocycles. The van der Waals surface area contributed by atoms with Gasteiger partial charge in [-0.1, -0.05) is 27.7 Å². The molecule has 0 aliphatic heterocycles. The molecule has 1 aliphatic rings. The summed E-state index contributed by atoms with van der Waals surface area (Å²) in [5, 5.41) is 3.80. The van der Waals surface area contributed by atoms with Crippen molar-refractivity contribution in [1.82, 2.24) is 10.3 Å². The van der Waals surface area contributed by atoms with Crippen molar-refractivity contribution in [3.63, 3.8) is 0 Å². The Balaban J connectivity index is 2.01. The van der Waals surface area contributed by atoms with E-state index in [1.807, 2.05) is 11.7 Å². The molecule has 0 spiro atoms. The number of thiazole rings is 1. The summed E-state index contributed by atoms with van der Waals surface area (Å²) in [5.74, 6) is 0. The lowest BCUT2D eigenvalue weighted by Gasteiger charge is -2.46. The average molecular weight is 266 g/mol. The predicted molar refractivity (Wildman–Crippen MR) is 78.9 cm³/mol. The zero-order valence-electron chi connectivity index (χ0n) is 12.3. The van der Waals surface area contributed by atoms with Gasteiger partial charge in [-0.2, -0.15) is 0 Å². The summed E-state index contributed by atoms with van der Waals surface area (Å²) in [6.45, 7) is 11.9. The Morgan fingerprint density at radius 1 is 1.28 bits per heavy atom. The highest BCUT2D eigenvalue weighted by Crippen LogP contribution is 2.46. The Labute approximate surface area is 115 Å². The maximum Gasteiger partial charge on any atom is 0.0794 e. The molecule has 2 nitrogen and oxygen atoms in total. The molecule has 3 heteroatoms. The standard InChI is InChI=1S/C15H26N2S/c1-11(13-8-16-10-18-13)17-12-6-14(2,3)9-15(4,5)7-12/h8,10-12,17H,6-7,9H2,1-5H3. The van der Waals surface area contributed by atoms with Gasteiger partial charge < -0.3 is 5.32 Å². The van der Waals surface area contributed by atoms with Crippen LogP contribution in [0.2, 0.25) is 0 Å². The van der Waals surface area contributed by atoms with E-state index in [0.717, 1.165) is 0 Å². The van der Waals surface area contributed by atoms with Crippen LogP contribution >= 0.6 is 11.3 Å². The number of nitrogens with one attached hydrogen (secondary N) is 1. The first kappa shape index (κ1) is 14.0. The topological polar surface area (TPSA) is 24.9 Å². The van der Waals surface area contributed by atoms with Gasteiger partial charge in [0.15, 0.2) is 0 Å². The summed E-state index contributed by atoms with van der Waals surface area (Å²) < 4.78 is 0. The molecule has 102 valence electrons. The van der Waals surface area contributed by atoms with E-state index in [2.05, 4.69) is 44.9 Å². The highest BCUT2D eigenvalue weighted by molar-refractivity contribution is 7.09. The summed E-state index contributed by atoms with van der Waals surface area (Å²) in [6.07, 6.45) is 5.87. The van der Waals surface area contributed by atoms with Gasteiger partial charge in [0.25, 0.3) is 0 Å². The van der Waals surface area contributed by atoms with Gasteiger partial charge in [-0.25, -0.2) is 0 Å². The third kappa shape index (κ3) is 3.55. The first-order valence-corrected chi connectivity index (χ1v) is 7.80. The number of hydrogen-bond donors (Lipinski definition) is 1. The van der Waals surface area contributed by atoms with E-state index >= 15 is 0 Å². The summed E-state index contributed by atoms with van der Waals surface area (Å²) in [4.78, 5) is 5.52. The van der Waals surface area contributed by atoms with Crippen LogP contribution in [0.15, 0.2) is 11.7 Å². The van der Waals surface area contributed by atoms with Gasteiger partial charge in [-0.05, 0) is 37.0 Å². The molecule has 2 rings (SSSR count). The molecule has 1 unspecified atom stereocenters. The molecule has 1 aromatic rings. The van der Waals surface area contributed by atoms with Crippen LogP contribution in [-0.4, -0.2) is 11.0 Å². The number of aromatic nitrogens is 1. The van der Waals surface area contributed by atoms with Gasteiger partial charge in [-0.15, -0.1) is 11.3 Å². The summed E-state index contributed by atoms with van der Waals surface area (Å²) in [7, 11) is 0. The van der Waals surface area contributed by atoms with Crippen molar-refractivity contribution in [1.29, 1.82) is 0 Å². The van der Waals surface area contributed by atoms with Crippen LogP contribution in [0.4, 0.5) is 0 Å². The second-order valence-electron chi connectivity index (χ2n) is 7.40. The Morgan fingerprint density at radius 2 is 1.89 bits per heavy atom.